The smallest absolute Gasteiger partial charge is 0.335 e. The van der Waals surface area contributed by atoms with Crippen LogP contribution in [0.3, 0.4) is 0 Å². The van der Waals surface area contributed by atoms with E-state index >= 15 is 0 Å². The van der Waals surface area contributed by atoms with Crippen molar-refractivity contribution in [1.82, 2.24) is 9.55 Å². The molecule has 0 saturated carbocycles. The number of nitrogens with zero attached hydrogens (tertiary/aromatic N) is 2. The molecule has 0 saturated heterocycles. The van der Waals surface area contributed by atoms with Crippen LogP contribution in [0.5, 0.6) is 5.75 Å². The first-order valence-corrected chi connectivity index (χ1v) is 9.76. The molecule has 4 aromatic rings. The number of anilines is 1. The van der Waals surface area contributed by atoms with Crippen molar-refractivity contribution in [3.05, 3.63) is 83.4 Å². The molecule has 3 N–H and O–H groups in total. The highest BCUT2D eigenvalue weighted by Crippen LogP contribution is 2.32. The molecule has 6 nitrogen and oxygen atoms in total. The second-order valence-electron chi connectivity index (χ2n) is 7.47. The van der Waals surface area contributed by atoms with Crippen molar-refractivity contribution < 1.29 is 14.6 Å². The molecule has 3 aromatic carbocycles. The first kappa shape index (κ1) is 19.5. The van der Waals surface area contributed by atoms with Crippen LogP contribution in [0.25, 0.3) is 16.7 Å². The van der Waals surface area contributed by atoms with E-state index in [1.54, 1.807) is 16.7 Å². The first-order chi connectivity index (χ1) is 14.4. The maximum Gasteiger partial charge on any atom is 0.335 e. The third-order valence-corrected chi connectivity index (χ3v) is 5.04. The van der Waals surface area contributed by atoms with Crippen molar-refractivity contribution in [2.75, 3.05) is 5.73 Å². The Hall–Kier alpha value is -3.80. The third kappa shape index (κ3) is 3.72. The number of nitrogen functional groups attached to an aromatic ring is 1. The number of nitrogens with two attached hydrogens (primary N) is 1. The van der Waals surface area contributed by atoms with Crippen LogP contribution in [0.15, 0.2) is 66.7 Å². The van der Waals surface area contributed by atoms with Crippen molar-refractivity contribution in [3.8, 4) is 11.4 Å². The highest BCUT2D eigenvalue weighted by atomic mass is 16.5. The lowest BCUT2D eigenvalue weighted by Gasteiger charge is -2.17. The highest BCUT2D eigenvalue weighted by Gasteiger charge is 2.16. The van der Waals surface area contributed by atoms with Gasteiger partial charge in [0.1, 0.15) is 12.4 Å². The summed E-state index contributed by atoms with van der Waals surface area (Å²) in [4.78, 5) is 15.6. The normalized spacial score (nSPS) is 11.2. The molecule has 0 bridgehead atoms. The SMILES string of the molecule is CC(C)c1ccc(-n2c(N)nc3cc(C(=O)O)ccc32)cc1OCc1ccccc1. The Morgan fingerprint density at radius 1 is 1.10 bits per heavy atom. The largest absolute Gasteiger partial charge is 0.489 e. The van der Waals surface area contributed by atoms with Crippen LogP contribution in [-0.2, 0) is 6.61 Å². The Bertz CT molecular complexity index is 1210. The molecule has 4 rings (SSSR count). The predicted octanol–water partition coefficient (Wildman–Crippen LogP) is 5.01. The third-order valence-electron chi connectivity index (χ3n) is 5.04. The number of carbonyl (C=O) groups is 1. The lowest BCUT2D eigenvalue weighted by Crippen LogP contribution is -2.04. The number of aromatic nitrogens is 2. The maximum absolute atomic E-state index is 11.3. The molecule has 152 valence electrons. The molecule has 30 heavy (non-hydrogen) atoms. The Labute approximate surface area is 174 Å². The average Bonchev–Trinajstić information content (AvgIpc) is 3.07. The van der Waals surface area contributed by atoms with Crippen LogP contribution in [0.1, 0.15) is 41.3 Å². The molecule has 0 aliphatic heterocycles. The van der Waals surface area contributed by atoms with E-state index in [-0.39, 0.29) is 5.56 Å². The molecule has 0 aliphatic carbocycles. The summed E-state index contributed by atoms with van der Waals surface area (Å²) in [7, 11) is 0. The molecular weight excluding hydrogens is 378 g/mol. The van der Waals surface area contributed by atoms with Gasteiger partial charge in [-0.3, -0.25) is 4.57 Å². The summed E-state index contributed by atoms with van der Waals surface area (Å²) in [6.07, 6.45) is 0. The Kier molecular flexibility index (Phi) is 5.14. The standard InChI is InChI=1S/C24H23N3O3/c1-15(2)19-10-9-18(13-22(19)30-14-16-6-4-3-5-7-16)27-21-11-8-17(23(28)29)12-20(21)26-24(27)25/h3-13,15H,14H2,1-2H3,(H2,25,26)(H,28,29). The van der Waals surface area contributed by atoms with Gasteiger partial charge in [-0.1, -0.05) is 50.2 Å². The fraction of sp³-hybridized carbons (Fsp3) is 0.167. The number of ether oxygens (including phenoxy) is 1. The van der Waals surface area contributed by atoms with Gasteiger partial charge < -0.3 is 15.6 Å². The topological polar surface area (TPSA) is 90.4 Å². The number of benzene rings is 3. The van der Waals surface area contributed by atoms with Crippen molar-refractivity contribution >= 4 is 23.0 Å². The summed E-state index contributed by atoms with van der Waals surface area (Å²) in [5.41, 5.74) is 10.6. The second-order valence-corrected chi connectivity index (χ2v) is 7.47. The highest BCUT2D eigenvalue weighted by molar-refractivity contribution is 5.93. The van der Waals surface area contributed by atoms with E-state index in [9.17, 15) is 9.90 Å². The molecule has 6 heteroatoms. The van der Waals surface area contributed by atoms with Crippen LogP contribution in [0.4, 0.5) is 5.95 Å². The monoisotopic (exact) mass is 401 g/mol. The van der Waals surface area contributed by atoms with E-state index in [1.165, 1.54) is 6.07 Å². The van der Waals surface area contributed by atoms with Crippen LogP contribution in [0, 0.1) is 0 Å². The first-order valence-electron chi connectivity index (χ1n) is 9.76. The van der Waals surface area contributed by atoms with E-state index in [2.05, 4.69) is 18.8 Å². The number of imidazole rings is 1. The van der Waals surface area contributed by atoms with Crippen molar-refractivity contribution in [2.24, 2.45) is 0 Å². The molecule has 0 fully saturated rings. The van der Waals surface area contributed by atoms with Crippen molar-refractivity contribution in [2.45, 2.75) is 26.4 Å². The molecule has 0 radical (unpaired) electrons. The number of hydrogen-bond donors (Lipinski definition) is 2. The van der Waals surface area contributed by atoms with Gasteiger partial charge in [0.15, 0.2) is 0 Å². The van der Waals surface area contributed by atoms with Gasteiger partial charge in [0.25, 0.3) is 0 Å². The minimum absolute atomic E-state index is 0.175. The molecule has 1 aromatic heterocycles. The van der Waals surface area contributed by atoms with Gasteiger partial charge >= 0.3 is 5.97 Å². The quantitative estimate of drug-likeness (QED) is 0.474. The zero-order chi connectivity index (χ0) is 21.3. The molecule has 0 unspecified atom stereocenters. The van der Waals surface area contributed by atoms with Crippen LogP contribution < -0.4 is 10.5 Å². The van der Waals surface area contributed by atoms with Gasteiger partial charge in [0.2, 0.25) is 5.95 Å². The number of rotatable bonds is 6. The lowest BCUT2D eigenvalue weighted by atomic mass is 10.0. The van der Waals surface area contributed by atoms with Crippen LogP contribution >= 0.6 is 0 Å². The van der Waals surface area contributed by atoms with E-state index < -0.39 is 5.97 Å². The van der Waals surface area contributed by atoms with E-state index in [0.29, 0.717) is 24.0 Å². The Morgan fingerprint density at radius 3 is 2.57 bits per heavy atom. The van der Waals surface area contributed by atoms with Gasteiger partial charge in [-0.2, -0.15) is 0 Å². The number of aromatic carboxylic acids is 1. The number of fused-ring (bicyclic) bond motifs is 1. The zero-order valence-electron chi connectivity index (χ0n) is 16.9. The molecule has 0 atom stereocenters. The molecular formula is C24H23N3O3. The van der Waals surface area contributed by atoms with Gasteiger partial charge in [-0.05, 0) is 41.3 Å². The second kappa shape index (κ2) is 7.91. The summed E-state index contributed by atoms with van der Waals surface area (Å²) in [6.45, 7) is 4.71. The minimum Gasteiger partial charge on any atom is -0.489 e. The Morgan fingerprint density at radius 2 is 1.87 bits per heavy atom. The van der Waals surface area contributed by atoms with Gasteiger partial charge in [-0.15, -0.1) is 0 Å². The van der Waals surface area contributed by atoms with E-state index in [4.69, 9.17) is 10.5 Å². The fourth-order valence-electron chi connectivity index (χ4n) is 3.50. The summed E-state index contributed by atoms with van der Waals surface area (Å²) < 4.78 is 7.98. The zero-order valence-corrected chi connectivity index (χ0v) is 16.9. The molecule has 0 amide bonds. The predicted molar refractivity (Wildman–Crippen MR) is 117 cm³/mol. The van der Waals surface area contributed by atoms with Crippen molar-refractivity contribution in [1.29, 1.82) is 0 Å². The minimum atomic E-state index is -0.997. The van der Waals surface area contributed by atoms with E-state index in [1.807, 2.05) is 48.5 Å². The molecule has 0 spiro atoms. The number of carboxylic acid groups (broad SMARTS) is 1. The lowest BCUT2D eigenvalue weighted by molar-refractivity contribution is 0.0697. The fourth-order valence-corrected chi connectivity index (χ4v) is 3.50. The maximum atomic E-state index is 11.3. The van der Waals surface area contributed by atoms with Gasteiger partial charge in [0, 0.05) is 6.07 Å². The number of hydrogen-bond acceptors (Lipinski definition) is 4. The van der Waals surface area contributed by atoms with Gasteiger partial charge in [-0.25, -0.2) is 9.78 Å². The van der Waals surface area contributed by atoms with Gasteiger partial charge in [0.05, 0.1) is 22.3 Å². The summed E-state index contributed by atoms with van der Waals surface area (Å²) in [5, 5.41) is 9.23. The average molecular weight is 401 g/mol. The van der Waals surface area contributed by atoms with Crippen LogP contribution in [-0.4, -0.2) is 20.6 Å². The summed E-state index contributed by atoms with van der Waals surface area (Å²) >= 11 is 0. The summed E-state index contributed by atoms with van der Waals surface area (Å²) in [5.74, 6) is 0.372. The molecule has 1 heterocycles. The number of carboxylic acids is 1. The summed E-state index contributed by atoms with van der Waals surface area (Å²) in [6, 6.07) is 20.8. The Balaban J connectivity index is 1.76. The van der Waals surface area contributed by atoms with Crippen LogP contribution in [0.2, 0.25) is 0 Å². The molecule has 0 aliphatic rings. The van der Waals surface area contributed by atoms with Crippen molar-refractivity contribution in [3.63, 3.8) is 0 Å². The van der Waals surface area contributed by atoms with E-state index in [0.717, 1.165) is 28.1 Å².